The quantitative estimate of drug-likeness (QED) is 0.889. The van der Waals surface area contributed by atoms with Crippen LogP contribution in [0.5, 0.6) is 0 Å². The molecule has 0 atom stereocenters. The van der Waals surface area contributed by atoms with Crippen molar-refractivity contribution in [1.82, 2.24) is 15.5 Å². The van der Waals surface area contributed by atoms with Gasteiger partial charge in [-0.3, -0.25) is 4.79 Å². The van der Waals surface area contributed by atoms with Crippen molar-refractivity contribution in [2.45, 2.75) is 13.3 Å². The van der Waals surface area contributed by atoms with Crippen molar-refractivity contribution in [3.63, 3.8) is 0 Å². The molecule has 0 radical (unpaired) electrons. The van der Waals surface area contributed by atoms with Gasteiger partial charge in [0.05, 0.1) is 5.69 Å². The first-order chi connectivity index (χ1) is 10.1. The van der Waals surface area contributed by atoms with Crippen LogP contribution in [-0.2, 0) is 0 Å². The first-order valence-corrected chi connectivity index (χ1v) is 6.44. The smallest absolute Gasteiger partial charge is 0.271 e. The van der Waals surface area contributed by atoms with E-state index in [2.05, 4.69) is 20.8 Å². The molecular formula is C14H14F2N4O. The van der Waals surface area contributed by atoms with Gasteiger partial charge in [0.1, 0.15) is 11.6 Å². The second-order valence-corrected chi connectivity index (χ2v) is 4.31. The summed E-state index contributed by atoms with van der Waals surface area (Å²) in [7, 11) is 0. The number of hydrogen-bond donors (Lipinski definition) is 2. The number of amides is 1. The minimum absolute atomic E-state index is 0.0777. The Labute approximate surface area is 120 Å². The van der Waals surface area contributed by atoms with Crippen molar-refractivity contribution in [2.24, 2.45) is 0 Å². The molecule has 110 valence electrons. The maximum Gasteiger partial charge on any atom is 0.271 e. The van der Waals surface area contributed by atoms with Crippen molar-refractivity contribution in [2.75, 3.05) is 11.9 Å². The van der Waals surface area contributed by atoms with Gasteiger partial charge in [-0.2, -0.15) is 0 Å². The largest absolute Gasteiger partial charge is 0.351 e. The van der Waals surface area contributed by atoms with E-state index in [0.717, 1.165) is 18.6 Å². The number of nitrogens with one attached hydrogen (secondary N) is 2. The van der Waals surface area contributed by atoms with E-state index < -0.39 is 11.6 Å². The summed E-state index contributed by atoms with van der Waals surface area (Å²) in [6.07, 6.45) is 0.822. The zero-order chi connectivity index (χ0) is 15.2. The summed E-state index contributed by atoms with van der Waals surface area (Å²) in [5.74, 6) is -1.45. The third kappa shape index (κ3) is 3.95. The molecule has 5 nitrogen and oxygen atoms in total. The van der Waals surface area contributed by atoms with E-state index in [0.29, 0.717) is 6.54 Å². The van der Waals surface area contributed by atoms with Gasteiger partial charge in [-0.1, -0.05) is 6.92 Å². The monoisotopic (exact) mass is 292 g/mol. The normalized spacial score (nSPS) is 10.2. The highest BCUT2D eigenvalue weighted by molar-refractivity contribution is 5.92. The molecule has 1 heterocycles. The number of hydrogen-bond acceptors (Lipinski definition) is 4. The molecule has 0 aliphatic rings. The molecule has 21 heavy (non-hydrogen) atoms. The summed E-state index contributed by atoms with van der Waals surface area (Å²) in [5.41, 5.74) is 0.252. The molecule has 0 saturated carbocycles. The lowest BCUT2D eigenvalue weighted by Crippen LogP contribution is -2.25. The number of halogens is 2. The molecule has 0 aliphatic heterocycles. The van der Waals surface area contributed by atoms with Crippen molar-refractivity contribution in [1.29, 1.82) is 0 Å². The van der Waals surface area contributed by atoms with E-state index in [9.17, 15) is 13.6 Å². The Bertz CT molecular complexity index is 631. The fourth-order valence-electron chi connectivity index (χ4n) is 1.58. The highest BCUT2D eigenvalue weighted by Gasteiger charge is 2.08. The first kappa shape index (κ1) is 14.8. The molecule has 0 saturated heterocycles. The van der Waals surface area contributed by atoms with Crippen LogP contribution in [0.2, 0.25) is 0 Å². The third-order valence-electron chi connectivity index (χ3n) is 2.63. The Kier molecular flexibility index (Phi) is 4.76. The number of carbonyl (C=O) groups excluding carboxylic acids is 1. The van der Waals surface area contributed by atoms with Crippen LogP contribution < -0.4 is 10.6 Å². The van der Waals surface area contributed by atoms with Crippen LogP contribution in [0.25, 0.3) is 0 Å². The van der Waals surface area contributed by atoms with E-state index in [-0.39, 0.29) is 23.1 Å². The highest BCUT2D eigenvalue weighted by atomic mass is 19.1. The van der Waals surface area contributed by atoms with E-state index >= 15 is 0 Å². The van der Waals surface area contributed by atoms with E-state index in [1.54, 1.807) is 0 Å². The second kappa shape index (κ2) is 6.74. The summed E-state index contributed by atoms with van der Waals surface area (Å²) in [6.45, 7) is 2.50. The maximum atomic E-state index is 13.5. The van der Waals surface area contributed by atoms with Crippen LogP contribution in [0.4, 0.5) is 20.3 Å². The van der Waals surface area contributed by atoms with E-state index in [1.807, 2.05) is 6.92 Å². The molecule has 1 amide bonds. The second-order valence-electron chi connectivity index (χ2n) is 4.31. The fraction of sp³-hybridized carbons (Fsp3) is 0.214. The number of rotatable bonds is 5. The third-order valence-corrected chi connectivity index (χ3v) is 2.63. The number of nitrogens with zero attached hydrogens (tertiary/aromatic N) is 2. The summed E-state index contributed by atoms with van der Waals surface area (Å²) in [5, 5.41) is 12.9. The van der Waals surface area contributed by atoms with Crippen molar-refractivity contribution in [3.05, 3.63) is 47.7 Å². The van der Waals surface area contributed by atoms with Gasteiger partial charge < -0.3 is 10.6 Å². The number of anilines is 2. The Morgan fingerprint density at radius 2 is 2.00 bits per heavy atom. The molecule has 7 heteroatoms. The SMILES string of the molecule is CCCNC(=O)c1ccc(Nc2ccc(F)cc2F)nn1. The molecule has 1 aromatic heterocycles. The topological polar surface area (TPSA) is 66.9 Å². The van der Waals surface area contributed by atoms with Crippen LogP contribution >= 0.6 is 0 Å². The molecule has 0 bridgehead atoms. The van der Waals surface area contributed by atoms with E-state index in [1.165, 1.54) is 18.2 Å². The molecule has 1 aromatic carbocycles. The Morgan fingerprint density at radius 1 is 1.19 bits per heavy atom. The van der Waals surface area contributed by atoms with Crippen molar-refractivity contribution < 1.29 is 13.6 Å². The zero-order valence-electron chi connectivity index (χ0n) is 11.4. The standard InChI is InChI=1S/C14H14F2N4O/c1-2-7-17-14(21)12-5-6-13(20-19-12)18-11-4-3-9(15)8-10(11)16/h3-6,8H,2,7H2,1H3,(H,17,21)(H,18,20). The predicted octanol–water partition coefficient (Wildman–Crippen LogP) is 2.64. The minimum Gasteiger partial charge on any atom is -0.351 e. The summed E-state index contributed by atoms with van der Waals surface area (Å²) in [4.78, 5) is 11.6. The number of carbonyl (C=O) groups is 1. The van der Waals surface area contributed by atoms with Gasteiger partial charge in [-0.15, -0.1) is 10.2 Å². The fourth-order valence-corrected chi connectivity index (χ4v) is 1.58. The molecular weight excluding hydrogens is 278 g/mol. The Hall–Kier alpha value is -2.57. The molecule has 0 aliphatic carbocycles. The van der Waals surface area contributed by atoms with Crippen molar-refractivity contribution >= 4 is 17.4 Å². The molecule has 0 unspecified atom stereocenters. The van der Waals surface area contributed by atoms with Gasteiger partial charge in [0.25, 0.3) is 5.91 Å². The predicted molar refractivity (Wildman–Crippen MR) is 74.3 cm³/mol. The zero-order valence-corrected chi connectivity index (χ0v) is 11.4. The molecule has 2 aromatic rings. The molecule has 2 N–H and O–H groups in total. The molecule has 0 spiro atoms. The Morgan fingerprint density at radius 3 is 2.62 bits per heavy atom. The van der Waals surface area contributed by atoms with Crippen LogP contribution in [0.1, 0.15) is 23.8 Å². The summed E-state index contributed by atoms with van der Waals surface area (Å²) in [6, 6.07) is 6.13. The van der Waals surface area contributed by atoms with Gasteiger partial charge in [0, 0.05) is 12.6 Å². The van der Waals surface area contributed by atoms with Crippen molar-refractivity contribution in [3.8, 4) is 0 Å². The van der Waals surface area contributed by atoms with Crippen LogP contribution in [0.15, 0.2) is 30.3 Å². The van der Waals surface area contributed by atoms with Gasteiger partial charge in [0.2, 0.25) is 0 Å². The highest BCUT2D eigenvalue weighted by Crippen LogP contribution is 2.18. The number of aromatic nitrogens is 2. The lowest BCUT2D eigenvalue weighted by molar-refractivity contribution is 0.0947. The summed E-state index contributed by atoms with van der Waals surface area (Å²) >= 11 is 0. The van der Waals surface area contributed by atoms with Gasteiger partial charge in [-0.05, 0) is 30.7 Å². The number of benzene rings is 1. The van der Waals surface area contributed by atoms with Crippen LogP contribution in [0, 0.1) is 11.6 Å². The van der Waals surface area contributed by atoms with Gasteiger partial charge in [0.15, 0.2) is 11.5 Å². The van der Waals surface area contributed by atoms with E-state index in [4.69, 9.17) is 0 Å². The minimum atomic E-state index is -0.735. The average molecular weight is 292 g/mol. The summed E-state index contributed by atoms with van der Waals surface area (Å²) < 4.78 is 26.3. The lowest BCUT2D eigenvalue weighted by Gasteiger charge is -2.07. The molecule has 0 fully saturated rings. The van der Waals surface area contributed by atoms with Crippen LogP contribution in [0.3, 0.4) is 0 Å². The average Bonchev–Trinajstić information content (AvgIpc) is 2.48. The Balaban J connectivity index is 2.07. The van der Waals surface area contributed by atoms with Gasteiger partial charge in [-0.25, -0.2) is 8.78 Å². The lowest BCUT2D eigenvalue weighted by atomic mass is 10.3. The molecule has 2 rings (SSSR count). The van der Waals surface area contributed by atoms with Gasteiger partial charge >= 0.3 is 0 Å². The maximum absolute atomic E-state index is 13.5. The first-order valence-electron chi connectivity index (χ1n) is 6.44. The van der Waals surface area contributed by atoms with Crippen LogP contribution in [-0.4, -0.2) is 22.6 Å².